The lowest BCUT2D eigenvalue weighted by molar-refractivity contribution is -0.0979. The van der Waals surface area contributed by atoms with Gasteiger partial charge in [0.25, 0.3) is 0 Å². The summed E-state index contributed by atoms with van der Waals surface area (Å²) >= 11 is 0. The van der Waals surface area contributed by atoms with Crippen molar-refractivity contribution in [2.75, 3.05) is 7.05 Å². The van der Waals surface area contributed by atoms with Crippen LogP contribution in [0.1, 0.15) is 34.6 Å². The average molecular weight is 393 g/mol. The van der Waals surface area contributed by atoms with E-state index in [1.807, 2.05) is 25.0 Å². The fraction of sp³-hybridized carbons (Fsp3) is 0.240. The maximum Gasteiger partial charge on any atom is 0.127 e. The van der Waals surface area contributed by atoms with Crippen LogP contribution in [0.3, 0.4) is 0 Å². The summed E-state index contributed by atoms with van der Waals surface area (Å²) in [6.45, 7) is 2.60. The van der Waals surface area contributed by atoms with Gasteiger partial charge in [0.05, 0.1) is 0 Å². The summed E-state index contributed by atoms with van der Waals surface area (Å²) in [6.07, 6.45) is 2.10. The van der Waals surface area contributed by atoms with Crippen molar-refractivity contribution in [3.05, 3.63) is 107 Å². The minimum Gasteiger partial charge on any atom is -0.333 e. The van der Waals surface area contributed by atoms with Crippen LogP contribution in [0.2, 0.25) is 0 Å². The summed E-state index contributed by atoms with van der Waals surface area (Å²) in [5.74, 6) is 0.426. The minimum atomic E-state index is -0.127. The van der Waals surface area contributed by atoms with Gasteiger partial charge < -0.3 is 15.8 Å². The predicted molar refractivity (Wildman–Crippen MR) is 117 cm³/mol. The summed E-state index contributed by atoms with van der Waals surface area (Å²) in [7, 11) is 1.50. The molecule has 3 aromatic rings. The van der Waals surface area contributed by atoms with Crippen LogP contribution in [0, 0.1) is 5.82 Å². The first-order valence-corrected chi connectivity index (χ1v) is 9.76. The van der Waals surface area contributed by atoms with Crippen LogP contribution >= 0.6 is 0 Å². The molecule has 0 spiro atoms. The van der Waals surface area contributed by atoms with Crippen LogP contribution in [-0.4, -0.2) is 19.9 Å². The van der Waals surface area contributed by atoms with Crippen molar-refractivity contribution in [3.8, 4) is 0 Å². The Bertz CT molecular complexity index is 852. The number of carbonyl (C=O) groups excluding carboxylic acids is 1. The van der Waals surface area contributed by atoms with Gasteiger partial charge in [-0.3, -0.25) is 0 Å². The SMILES string of the molecule is C=O.CN.Fc1ccccc1CNC1CC1c1ccc(Cc2ccccc2)cc1. The highest BCUT2D eigenvalue weighted by Crippen LogP contribution is 2.41. The Labute approximate surface area is 172 Å². The van der Waals surface area contributed by atoms with Gasteiger partial charge in [-0.15, -0.1) is 0 Å². The molecule has 4 rings (SSSR count). The normalized spacial score (nSPS) is 16.7. The molecule has 29 heavy (non-hydrogen) atoms. The molecule has 2 unspecified atom stereocenters. The van der Waals surface area contributed by atoms with E-state index in [1.165, 1.54) is 29.8 Å². The van der Waals surface area contributed by atoms with Crippen LogP contribution in [-0.2, 0) is 17.8 Å². The number of rotatable bonds is 6. The molecule has 0 amide bonds. The van der Waals surface area contributed by atoms with Crippen LogP contribution in [0.25, 0.3) is 0 Å². The number of hydrogen-bond donors (Lipinski definition) is 2. The molecule has 3 N–H and O–H groups in total. The van der Waals surface area contributed by atoms with Gasteiger partial charge in [0.1, 0.15) is 12.6 Å². The van der Waals surface area contributed by atoms with E-state index >= 15 is 0 Å². The van der Waals surface area contributed by atoms with Crippen molar-refractivity contribution in [1.29, 1.82) is 0 Å². The number of nitrogens with one attached hydrogen (secondary N) is 1. The van der Waals surface area contributed by atoms with E-state index in [9.17, 15) is 4.39 Å². The number of benzene rings is 3. The molecule has 3 nitrogen and oxygen atoms in total. The Kier molecular flexibility index (Phi) is 9.22. The average Bonchev–Trinajstić information content (AvgIpc) is 3.57. The summed E-state index contributed by atoms with van der Waals surface area (Å²) in [5, 5.41) is 3.48. The van der Waals surface area contributed by atoms with Crippen LogP contribution in [0.5, 0.6) is 0 Å². The topological polar surface area (TPSA) is 55.1 Å². The molecular formula is C25H29FN2O. The van der Waals surface area contributed by atoms with Crippen LogP contribution < -0.4 is 11.1 Å². The molecule has 4 heteroatoms. The number of nitrogens with two attached hydrogens (primary N) is 1. The Morgan fingerprint density at radius 3 is 2.14 bits per heavy atom. The van der Waals surface area contributed by atoms with Crippen molar-refractivity contribution in [1.82, 2.24) is 5.32 Å². The molecule has 1 fully saturated rings. The van der Waals surface area contributed by atoms with Gasteiger partial charge in [0.2, 0.25) is 0 Å². The zero-order valence-corrected chi connectivity index (χ0v) is 16.9. The molecule has 2 atom stereocenters. The molecule has 1 aliphatic rings. The Balaban J connectivity index is 0.000000707. The van der Waals surface area contributed by atoms with E-state index in [0.29, 0.717) is 18.5 Å². The molecule has 0 aromatic heterocycles. The Morgan fingerprint density at radius 1 is 0.897 bits per heavy atom. The van der Waals surface area contributed by atoms with Crippen molar-refractivity contribution in [3.63, 3.8) is 0 Å². The fourth-order valence-corrected chi connectivity index (χ4v) is 3.39. The highest BCUT2D eigenvalue weighted by atomic mass is 19.1. The number of carbonyl (C=O) groups is 1. The predicted octanol–water partition coefficient (Wildman–Crippen LogP) is 4.45. The smallest absolute Gasteiger partial charge is 0.127 e. The highest BCUT2D eigenvalue weighted by Gasteiger charge is 2.37. The largest absolute Gasteiger partial charge is 0.333 e. The van der Waals surface area contributed by atoms with Gasteiger partial charge in [0.15, 0.2) is 0 Å². The third-order valence-electron chi connectivity index (χ3n) is 4.96. The van der Waals surface area contributed by atoms with Crippen molar-refractivity contribution in [2.45, 2.75) is 31.3 Å². The van der Waals surface area contributed by atoms with Crippen molar-refractivity contribution >= 4 is 6.79 Å². The lowest BCUT2D eigenvalue weighted by Gasteiger charge is -2.07. The second kappa shape index (κ2) is 11.9. The van der Waals surface area contributed by atoms with E-state index in [0.717, 1.165) is 18.4 Å². The van der Waals surface area contributed by atoms with Crippen LogP contribution in [0.15, 0.2) is 78.9 Å². The van der Waals surface area contributed by atoms with E-state index in [2.05, 4.69) is 59.6 Å². The van der Waals surface area contributed by atoms with E-state index in [1.54, 1.807) is 6.07 Å². The summed E-state index contributed by atoms with van der Waals surface area (Å²) in [6, 6.07) is 26.9. The van der Waals surface area contributed by atoms with Gasteiger partial charge in [0, 0.05) is 24.1 Å². The fourth-order valence-electron chi connectivity index (χ4n) is 3.39. The third kappa shape index (κ3) is 6.63. The Morgan fingerprint density at radius 2 is 1.48 bits per heavy atom. The monoisotopic (exact) mass is 392 g/mol. The maximum atomic E-state index is 13.7. The lowest BCUT2D eigenvalue weighted by atomic mass is 10.0. The first kappa shape index (κ1) is 22.5. The van der Waals surface area contributed by atoms with Gasteiger partial charge in [-0.25, -0.2) is 4.39 Å². The van der Waals surface area contributed by atoms with Gasteiger partial charge in [-0.1, -0.05) is 72.8 Å². The molecule has 0 aliphatic heterocycles. The van der Waals surface area contributed by atoms with E-state index in [4.69, 9.17) is 4.79 Å². The molecule has 0 bridgehead atoms. The molecule has 1 saturated carbocycles. The standard InChI is InChI=1S/C23H22FN.CH5N.CH2O/c24-22-9-5-4-8-20(22)16-25-23-15-21(23)19-12-10-18(11-13-19)14-17-6-2-1-3-7-17;2*1-2/h1-13,21,23,25H,14-16H2;2H2,1H3;1H2. The minimum absolute atomic E-state index is 0.127. The van der Waals surface area contributed by atoms with Crippen molar-refractivity contribution in [2.24, 2.45) is 5.73 Å². The molecule has 0 radical (unpaired) electrons. The molecule has 0 saturated heterocycles. The first-order chi connectivity index (χ1) is 14.3. The maximum absolute atomic E-state index is 13.7. The zero-order valence-electron chi connectivity index (χ0n) is 16.9. The van der Waals surface area contributed by atoms with Crippen molar-refractivity contribution < 1.29 is 9.18 Å². The quantitative estimate of drug-likeness (QED) is 0.652. The van der Waals surface area contributed by atoms with Gasteiger partial charge >= 0.3 is 0 Å². The van der Waals surface area contributed by atoms with E-state index in [-0.39, 0.29) is 5.82 Å². The lowest BCUT2D eigenvalue weighted by Crippen LogP contribution is -2.18. The molecule has 1 aliphatic carbocycles. The second-order valence-corrected chi connectivity index (χ2v) is 6.82. The van der Waals surface area contributed by atoms with Crippen LogP contribution in [0.4, 0.5) is 4.39 Å². The third-order valence-corrected chi connectivity index (χ3v) is 4.96. The summed E-state index contributed by atoms with van der Waals surface area (Å²) < 4.78 is 13.7. The number of hydrogen-bond acceptors (Lipinski definition) is 3. The molecule has 0 heterocycles. The molecular weight excluding hydrogens is 363 g/mol. The number of halogens is 1. The summed E-state index contributed by atoms with van der Waals surface area (Å²) in [5.41, 5.74) is 9.30. The second-order valence-electron chi connectivity index (χ2n) is 6.82. The van der Waals surface area contributed by atoms with Gasteiger partial charge in [-0.2, -0.15) is 0 Å². The van der Waals surface area contributed by atoms with Gasteiger partial charge in [-0.05, 0) is 42.6 Å². The highest BCUT2D eigenvalue weighted by molar-refractivity contribution is 5.33. The zero-order chi connectivity index (χ0) is 21.1. The first-order valence-electron chi connectivity index (χ1n) is 9.76. The molecule has 3 aromatic carbocycles. The van der Waals surface area contributed by atoms with E-state index < -0.39 is 0 Å². The summed E-state index contributed by atoms with van der Waals surface area (Å²) in [4.78, 5) is 8.00. The molecule has 152 valence electrons. The Hall–Kier alpha value is -2.82.